The maximum Gasteiger partial charge on any atom is -1.00 e. The number of allylic oxidation sites excluding steroid dienone is 2. The van der Waals surface area contributed by atoms with E-state index >= 15 is 0 Å². The average molecular weight is 919 g/mol. The molecule has 2 aromatic heterocycles. The van der Waals surface area contributed by atoms with Crippen LogP contribution in [-0.2, 0) is 20.4 Å². The molecule has 2 atom stereocenters. The molecule has 2 unspecified atom stereocenters. The number of halogens is 2. The Hall–Kier alpha value is -4.44. The van der Waals surface area contributed by atoms with Gasteiger partial charge >= 0.3 is 352 Å². The van der Waals surface area contributed by atoms with Gasteiger partial charge in [0, 0.05) is 0 Å². The van der Waals surface area contributed by atoms with E-state index in [-0.39, 0.29) is 24.8 Å². The second-order valence-electron chi connectivity index (χ2n) is 16.9. The van der Waals surface area contributed by atoms with Crippen molar-refractivity contribution in [1.29, 1.82) is 0 Å². The van der Waals surface area contributed by atoms with E-state index in [4.69, 9.17) is 8.83 Å². The molecule has 2 aliphatic carbocycles. The Kier molecular flexibility index (Phi) is 11.6. The van der Waals surface area contributed by atoms with Crippen molar-refractivity contribution in [3.05, 3.63) is 189 Å². The largest absolute Gasteiger partial charge is 1.00 e. The van der Waals surface area contributed by atoms with Gasteiger partial charge in [-0.1, -0.05) is 0 Å². The van der Waals surface area contributed by atoms with Crippen molar-refractivity contribution in [1.82, 2.24) is 0 Å². The molecule has 0 fully saturated rings. The molecule has 6 aromatic carbocycles. The Bertz CT molecular complexity index is 2920. The third-order valence-corrected chi connectivity index (χ3v) is 32.2. The van der Waals surface area contributed by atoms with E-state index in [1.807, 2.05) is 0 Å². The first-order valence-corrected chi connectivity index (χ1v) is 29.6. The summed E-state index contributed by atoms with van der Waals surface area (Å²) in [5, 5.41) is 5.10. The molecule has 8 aromatic rings. The van der Waals surface area contributed by atoms with Gasteiger partial charge in [0.15, 0.2) is 0 Å². The first-order chi connectivity index (χ1) is 28.0. The number of hydrogen-bond donors (Lipinski definition) is 0. The molecule has 298 valence electrons. The van der Waals surface area contributed by atoms with Crippen molar-refractivity contribution in [2.24, 2.45) is 0 Å². The average Bonchev–Trinajstić information content (AvgIpc) is 4.02. The van der Waals surface area contributed by atoms with E-state index < -0.39 is 25.8 Å². The standard InChI is InChI=1S/2C26H21O.C2H6Si.2ClH.Zr/c2*1-16-12-22-14-23(25-11-8-17(2)27-25)15-24(22)26(18(16)3)21-10-9-19-6-4-5-7-20(19)13-21;1-3-2;;;/h2*4-15H,1-3H3;1-2H3;2*1H;/q;;;;;+2/p-2. The third-order valence-electron chi connectivity index (χ3n) is 13.0. The first kappa shape index (κ1) is 42.3. The van der Waals surface area contributed by atoms with Gasteiger partial charge in [-0.3, -0.25) is 0 Å². The fourth-order valence-corrected chi connectivity index (χ4v) is 29.7. The minimum absolute atomic E-state index is 0. The van der Waals surface area contributed by atoms with E-state index in [2.05, 4.69) is 188 Å². The maximum atomic E-state index is 6.66. The topological polar surface area (TPSA) is 26.3 Å². The molecule has 2 nitrogen and oxygen atoms in total. The van der Waals surface area contributed by atoms with Crippen LogP contribution in [-0.4, -0.2) is 5.43 Å². The maximum absolute atomic E-state index is 6.66. The van der Waals surface area contributed by atoms with Crippen molar-refractivity contribution in [3.63, 3.8) is 0 Å². The van der Waals surface area contributed by atoms with E-state index in [0.717, 1.165) is 23.0 Å². The van der Waals surface area contributed by atoms with Crippen LogP contribution in [0.2, 0.25) is 13.1 Å². The minimum Gasteiger partial charge on any atom is -1.00 e. The molecule has 0 amide bonds. The second-order valence-corrected chi connectivity index (χ2v) is 34.7. The summed E-state index contributed by atoms with van der Waals surface area (Å²) in [4.78, 5) is 0. The Morgan fingerprint density at radius 2 is 0.867 bits per heavy atom. The van der Waals surface area contributed by atoms with E-state index in [1.54, 1.807) is 0 Å². The zero-order valence-corrected chi connectivity index (χ0v) is 40.4. The van der Waals surface area contributed by atoms with Crippen molar-refractivity contribution in [3.8, 4) is 22.3 Å². The second kappa shape index (κ2) is 16.4. The molecule has 0 bridgehead atoms. The van der Waals surface area contributed by atoms with Crippen molar-refractivity contribution < 1.29 is 54.0 Å². The quantitative estimate of drug-likeness (QED) is 0.156. The summed E-state index contributed by atoms with van der Waals surface area (Å²) >= 11 is -2.75. The van der Waals surface area contributed by atoms with E-state index in [1.165, 1.54) is 99.5 Å². The van der Waals surface area contributed by atoms with Gasteiger partial charge < -0.3 is 24.8 Å². The van der Waals surface area contributed by atoms with Crippen LogP contribution in [0.4, 0.5) is 0 Å². The molecule has 0 saturated heterocycles. The fourth-order valence-electron chi connectivity index (χ4n) is 9.98. The Balaban J connectivity index is 0.00000249. The molecule has 0 radical (unpaired) electrons. The van der Waals surface area contributed by atoms with Gasteiger partial charge in [0.2, 0.25) is 0 Å². The van der Waals surface area contributed by atoms with Crippen LogP contribution < -0.4 is 24.8 Å². The van der Waals surface area contributed by atoms with Gasteiger partial charge in [0.25, 0.3) is 0 Å². The van der Waals surface area contributed by atoms with Crippen LogP contribution in [0.25, 0.3) is 67.1 Å². The Morgan fingerprint density at radius 1 is 0.467 bits per heavy atom. The molecule has 0 aliphatic heterocycles. The summed E-state index contributed by atoms with van der Waals surface area (Å²) in [5.41, 5.74) is 18.4. The minimum atomic E-state index is -2.75. The summed E-state index contributed by atoms with van der Waals surface area (Å²) in [6.45, 7) is 18.7. The zero-order valence-electron chi connectivity index (χ0n) is 35.4. The number of rotatable bonds is 6. The van der Waals surface area contributed by atoms with Gasteiger partial charge in [-0.15, -0.1) is 0 Å². The molecular weight excluding hydrogens is 871 g/mol. The molecule has 6 heteroatoms. The third kappa shape index (κ3) is 6.98. The molecule has 2 heterocycles. The predicted molar refractivity (Wildman–Crippen MR) is 243 cm³/mol. The normalized spacial score (nSPS) is 15.1. The summed E-state index contributed by atoms with van der Waals surface area (Å²) < 4.78 is 13.9. The van der Waals surface area contributed by atoms with Crippen LogP contribution in [0.5, 0.6) is 0 Å². The summed E-state index contributed by atoms with van der Waals surface area (Å²) in [7, 11) is 0. The Morgan fingerprint density at radius 3 is 1.23 bits per heavy atom. The van der Waals surface area contributed by atoms with Gasteiger partial charge in [-0.25, -0.2) is 0 Å². The number of furan rings is 2. The number of benzene rings is 6. The SMILES string of the molecule is Cc1ccc(C2=Cc3c(cc(C)c(C)c3-c3ccc4ccccc4c3)[CH]2[Zr+2]([CH]2C(c3ccc(C)o3)=Cc3c2cc(C)c(C)c3-c2ccc3ccccc3c2)=[Si](C)C)o1.[Cl-].[Cl-]. The van der Waals surface area contributed by atoms with Crippen LogP contribution in [0, 0.1) is 41.5 Å². The first-order valence-electron chi connectivity index (χ1n) is 20.6. The van der Waals surface area contributed by atoms with Crippen molar-refractivity contribution in [2.75, 3.05) is 0 Å². The molecule has 10 rings (SSSR count). The summed E-state index contributed by atoms with van der Waals surface area (Å²) in [6.07, 6.45) is 5.08. The number of fused-ring (bicyclic) bond motifs is 4. The van der Waals surface area contributed by atoms with Crippen molar-refractivity contribution in [2.45, 2.75) is 61.9 Å². The monoisotopic (exact) mass is 916 g/mol. The summed E-state index contributed by atoms with van der Waals surface area (Å²) in [5.74, 6) is 3.96. The van der Waals surface area contributed by atoms with Gasteiger partial charge in [0.05, 0.1) is 0 Å². The molecule has 0 N–H and O–H groups in total. The zero-order chi connectivity index (χ0) is 40.0. The Labute approximate surface area is 374 Å². The smallest absolute Gasteiger partial charge is 1.00 e. The van der Waals surface area contributed by atoms with Crippen LogP contribution >= 0.6 is 0 Å². The molecule has 0 spiro atoms. The molecule has 2 aliphatic rings. The van der Waals surface area contributed by atoms with Crippen LogP contribution in [0.3, 0.4) is 0 Å². The van der Waals surface area contributed by atoms with Crippen LogP contribution in [0.1, 0.15) is 74.8 Å². The predicted octanol–water partition coefficient (Wildman–Crippen LogP) is 9.13. The van der Waals surface area contributed by atoms with E-state index in [9.17, 15) is 0 Å². The van der Waals surface area contributed by atoms with Crippen LogP contribution in [0.15, 0.2) is 130 Å². The van der Waals surface area contributed by atoms with Crippen molar-refractivity contribution >= 4 is 50.3 Å². The number of hydrogen-bond acceptors (Lipinski definition) is 2. The van der Waals surface area contributed by atoms with Gasteiger partial charge in [0.1, 0.15) is 0 Å². The molecule has 0 saturated carbocycles. The van der Waals surface area contributed by atoms with E-state index in [0.29, 0.717) is 7.25 Å². The van der Waals surface area contributed by atoms with Gasteiger partial charge in [-0.2, -0.15) is 0 Å². The summed E-state index contributed by atoms with van der Waals surface area (Å²) in [6, 6.07) is 45.4. The molecular formula is C54H48Cl2O2SiZr. The number of aryl methyl sites for hydroxylation is 4. The molecule has 60 heavy (non-hydrogen) atoms. The van der Waals surface area contributed by atoms with Gasteiger partial charge in [-0.05, 0) is 0 Å². The fraction of sp³-hybridized carbons (Fsp3) is 0.185.